The summed E-state index contributed by atoms with van der Waals surface area (Å²) in [4.78, 5) is 0. The predicted molar refractivity (Wildman–Crippen MR) is 84.8 cm³/mol. The summed E-state index contributed by atoms with van der Waals surface area (Å²) in [6.07, 6.45) is 14.3. The van der Waals surface area contributed by atoms with E-state index in [4.69, 9.17) is 10.8 Å². The average molecular weight is 277 g/mol. The van der Waals surface area contributed by atoms with Crippen molar-refractivity contribution in [3.8, 4) is 0 Å². The highest BCUT2D eigenvalue weighted by Crippen LogP contribution is 2.28. The molecular weight excluding hydrogens is 246 g/mol. The van der Waals surface area contributed by atoms with Gasteiger partial charge < -0.3 is 5.73 Å². The monoisotopic (exact) mass is 277 g/mol. The van der Waals surface area contributed by atoms with Crippen LogP contribution in [0.5, 0.6) is 0 Å². The van der Waals surface area contributed by atoms with E-state index in [1.807, 2.05) is 0 Å². The second kappa shape index (κ2) is 7.26. The summed E-state index contributed by atoms with van der Waals surface area (Å²) in [5, 5.41) is 4.81. The lowest BCUT2D eigenvalue weighted by molar-refractivity contribution is 0.322. The minimum atomic E-state index is -0.0677. The van der Waals surface area contributed by atoms with Crippen LogP contribution in [-0.2, 0) is 6.42 Å². The summed E-state index contributed by atoms with van der Waals surface area (Å²) in [6, 6.07) is 2.81. The molecule has 0 radical (unpaired) electrons. The molecule has 1 aromatic rings. The lowest BCUT2D eigenvalue weighted by Gasteiger charge is -2.27. The van der Waals surface area contributed by atoms with Crippen molar-refractivity contribution in [2.75, 3.05) is 0 Å². The number of unbranched alkanes of at least 4 members (excludes halogenated alkanes) is 1. The Morgan fingerprint density at radius 3 is 2.70 bits per heavy atom. The molecule has 1 fully saturated rings. The molecule has 0 aliphatic heterocycles. The summed E-state index contributed by atoms with van der Waals surface area (Å²) in [5.74, 6) is 0. The second-order valence-electron chi connectivity index (χ2n) is 6.58. The summed E-state index contributed by atoms with van der Waals surface area (Å²) < 4.78 is 2.20. The van der Waals surface area contributed by atoms with Crippen LogP contribution in [0.15, 0.2) is 12.3 Å². The van der Waals surface area contributed by atoms with Crippen molar-refractivity contribution in [2.45, 2.75) is 89.6 Å². The fourth-order valence-electron chi connectivity index (χ4n) is 3.30. The molecule has 1 aliphatic carbocycles. The zero-order valence-corrected chi connectivity index (χ0v) is 13.3. The molecule has 0 saturated heterocycles. The Bertz CT molecular complexity index is 393. The molecule has 2 rings (SSSR count). The third kappa shape index (κ3) is 4.08. The fourth-order valence-corrected chi connectivity index (χ4v) is 3.30. The zero-order valence-electron chi connectivity index (χ0n) is 13.3. The van der Waals surface area contributed by atoms with Crippen molar-refractivity contribution in [3.05, 3.63) is 18.0 Å². The normalized spacial score (nSPS) is 19.9. The van der Waals surface area contributed by atoms with Gasteiger partial charge in [0.05, 0.1) is 11.7 Å². The van der Waals surface area contributed by atoms with Crippen LogP contribution in [0.4, 0.5) is 0 Å². The first-order chi connectivity index (χ1) is 9.67. The van der Waals surface area contributed by atoms with Crippen molar-refractivity contribution >= 4 is 0 Å². The maximum Gasteiger partial charge on any atom is 0.0643 e. The minimum absolute atomic E-state index is 0.0677. The Kier molecular flexibility index (Phi) is 5.64. The first-order valence-corrected chi connectivity index (χ1v) is 8.50. The maximum absolute atomic E-state index is 6.55. The van der Waals surface area contributed by atoms with Gasteiger partial charge in [-0.1, -0.05) is 46.0 Å². The van der Waals surface area contributed by atoms with E-state index in [0.717, 1.165) is 19.3 Å². The van der Waals surface area contributed by atoms with Gasteiger partial charge in [0, 0.05) is 18.2 Å². The van der Waals surface area contributed by atoms with Gasteiger partial charge in [-0.25, -0.2) is 0 Å². The maximum atomic E-state index is 6.55. The first kappa shape index (κ1) is 15.6. The third-order valence-corrected chi connectivity index (χ3v) is 4.88. The van der Waals surface area contributed by atoms with E-state index in [0.29, 0.717) is 6.04 Å². The van der Waals surface area contributed by atoms with Crippen LogP contribution in [0.25, 0.3) is 0 Å². The van der Waals surface area contributed by atoms with E-state index in [2.05, 4.69) is 30.8 Å². The van der Waals surface area contributed by atoms with Gasteiger partial charge in [0.2, 0.25) is 0 Å². The molecule has 20 heavy (non-hydrogen) atoms. The number of hydrogen-bond acceptors (Lipinski definition) is 2. The van der Waals surface area contributed by atoms with Gasteiger partial charge in [0.15, 0.2) is 0 Å². The Hall–Kier alpha value is -0.830. The Balaban J connectivity index is 1.97. The van der Waals surface area contributed by atoms with E-state index >= 15 is 0 Å². The quantitative estimate of drug-likeness (QED) is 0.810. The van der Waals surface area contributed by atoms with E-state index < -0.39 is 0 Å². The molecule has 114 valence electrons. The van der Waals surface area contributed by atoms with Crippen LogP contribution < -0.4 is 5.73 Å². The van der Waals surface area contributed by atoms with Crippen molar-refractivity contribution in [3.63, 3.8) is 0 Å². The molecule has 3 nitrogen and oxygen atoms in total. The molecule has 1 unspecified atom stereocenters. The molecule has 0 spiro atoms. The molecular formula is C17H31N3. The predicted octanol–water partition coefficient (Wildman–Crippen LogP) is 4.23. The Labute approximate surface area is 123 Å². The second-order valence-corrected chi connectivity index (χ2v) is 6.58. The van der Waals surface area contributed by atoms with Gasteiger partial charge in [0.25, 0.3) is 0 Å². The fraction of sp³-hybridized carbons (Fsp3) is 0.824. The van der Waals surface area contributed by atoms with Gasteiger partial charge in [-0.05, 0) is 31.7 Å². The van der Waals surface area contributed by atoms with Gasteiger partial charge >= 0.3 is 0 Å². The summed E-state index contributed by atoms with van der Waals surface area (Å²) in [7, 11) is 0. The highest BCUT2D eigenvalue weighted by atomic mass is 15.3. The van der Waals surface area contributed by atoms with E-state index in [9.17, 15) is 0 Å². The molecule has 1 heterocycles. The molecule has 3 heteroatoms. The van der Waals surface area contributed by atoms with Crippen molar-refractivity contribution in [1.29, 1.82) is 0 Å². The van der Waals surface area contributed by atoms with Crippen LogP contribution in [0, 0.1) is 0 Å². The topological polar surface area (TPSA) is 43.8 Å². The number of nitrogens with zero attached hydrogens (tertiary/aromatic N) is 2. The molecule has 0 bridgehead atoms. The van der Waals surface area contributed by atoms with Gasteiger partial charge in [-0.2, -0.15) is 5.10 Å². The SMILES string of the molecule is CCCCC(N)(CC)Cc1ccn(C2CCCCC2)n1. The average Bonchev–Trinajstić information content (AvgIpc) is 2.94. The van der Waals surface area contributed by atoms with Gasteiger partial charge in [-0.3, -0.25) is 4.68 Å². The molecule has 1 atom stereocenters. The van der Waals surface area contributed by atoms with Crippen LogP contribution in [0.1, 0.15) is 83.4 Å². The molecule has 1 aromatic heterocycles. The summed E-state index contributed by atoms with van der Waals surface area (Å²) in [6.45, 7) is 4.43. The highest BCUT2D eigenvalue weighted by molar-refractivity contribution is 5.06. The smallest absolute Gasteiger partial charge is 0.0643 e. The van der Waals surface area contributed by atoms with E-state index in [1.165, 1.54) is 50.6 Å². The van der Waals surface area contributed by atoms with E-state index in [-0.39, 0.29) is 5.54 Å². The molecule has 2 N–H and O–H groups in total. The number of nitrogens with two attached hydrogens (primary N) is 1. The van der Waals surface area contributed by atoms with Crippen LogP contribution in [0.2, 0.25) is 0 Å². The highest BCUT2D eigenvalue weighted by Gasteiger charge is 2.24. The molecule has 1 saturated carbocycles. The van der Waals surface area contributed by atoms with Crippen LogP contribution >= 0.6 is 0 Å². The van der Waals surface area contributed by atoms with Crippen LogP contribution in [0.3, 0.4) is 0 Å². The molecule has 1 aliphatic rings. The largest absolute Gasteiger partial charge is 0.325 e. The Morgan fingerprint density at radius 2 is 2.05 bits per heavy atom. The van der Waals surface area contributed by atoms with Crippen molar-refractivity contribution < 1.29 is 0 Å². The van der Waals surface area contributed by atoms with Crippen molar-refractivity contribution in [1.82, 2.24) is 9.78 Å². The summed E-state index contributed by atoms with van der Waals surface area (Å²) in [5.41, 5.74) is 7.66. The molecule has 0 amide bonds. The number of hydrogen-bond donors (Lipinski definition) is 1. The lowest BCUT2D eigenvalue weighted by Crippen LogP contribution is -2.41. The third-order valence-electron chi connectivity index (χ3n) is 4.88. The number of aromatic nitrogens is 2. The van der Waals surface area contributed by atoms with Gasteiger partial charge in [-0.15, -0.1) is 0 Å². The standard InChI is InChI=1S/C17H31N3/c1-3-5-12-17(18,4-2)14-15-11-13-20(19-15)16-9-7-6-8-10-16/h11,13,16H,3-10,12,14,18H2,1-2H3. The van der Waals surface area contributed by atoms with Gasteiger partial charge in [0.1, 0.15) is 0 Å². The number of rotatable bonds is 7. The Morgan fingerprint density at radius 1 is 1.30 bits per heavy atom. The lowest BCUT2D eigenvalue weighted by atomic mass is 9.86. The van der Waals surface area contributed by atoms with Crippen molar-refractivity contribution in [2.24, 2.45) is 5.73 Å². The first-order valence-electron chi connectivity index (χ1n) is 8.50. The zero-order chi connectivity index (χ0) is 14.4. The van der Waals surface area contributed by atoms with Crippen LogP contribution in [-0.4, -0.2) is 15.3 Å². The minimum Gasteiger partial charge on any atom is -0.325 e. The van der Waals surface area contributed by atoms with E-state index in [1.54, 1.807) is 0 Å². The summed E-state index contributed by atoms with van der Waals surface area (Å²) >= 11 is 0. The molecule has 0 aromatic carbocycles.